The average molecular weight is 365 g/mol. The fourth-order valence-electron chi connectivity index (χ4n) is 2.34. The molecular weight excluding hydrogens is 346 g/mol. The lowest BCUT2D eigenvalue weighted by Crippen LogP contribution is -2.17. The van der Waals surface area contributed by atoms with E-state index in [0.29, 0.717) is 6.54 Å². The van der Waals surface area contributed by atoms with E-state index in [2.05, 4.69) is 6.58 Å². The summed E-state index contributed by atoms with van der Waals surface area (Å²) in [5.74, 6) is -4.14. The zero-order valence-electron chi connectivity index (χ0n) is 14.3. The molecule has 0 unspecified atom stereocenters. The molecule has 0 heterocycles. The van der Waals surface area contributed by atoms with Crippen LogP contribution in [0.3, 0.4) is 0 Å². The molecule has 2 aromatic rings. The van der Waals surface area contributed by atoms with Crippen LogP contribution in [0.1, 0.15) is 0 Å². The molecule has 0 saturated carbocycles. The second-order valence-corrected chi connectivity index (χ2v) is 5.65. The second-order valence-electron chi connectivity index (χ2n) is 5.65. The average Bonchev–Trinajstić information content (AvgIpc) is 2.58. The van der Waals surface area contributed by atoms with Crippen molar-refractivity contribution in [1.82, 2.24) is 4.90 Å². The highest BCUT2D eigenvalue weighted by Crippen LogP contribution is 2.32. The Hall–Kier alpha value is -2.60. The van der Waals surface area contributed by atoms with Crippen molar-refractivity contribution >= 4 is 0 Å². The lowest BCUT2D eigenvalue weighted by molar-refractivity contribution is 0.337. The van der Waals surface area contributed by atoms with Gasteiger partial charge in [-0.15, -0.1) is 6.58 Å². The third-order valence-electron chi connectivity index (χ3n) is 3.61. The van der Waals surface area contributed by atoms with Crippen LogP contribution in [0.2, 0.25) is 0 Å². The van der Waals surface area contributed by atoms with E-state index >= 15 is 0 Å². The Bertz CT molecular complexity index is 784. The van der Waals surface area contributed by atoms with Crippen molar-refractivity contribution in [2.45, 2.75) is 0 Å². The van der Waals surface area contributed by atoms with Crippen LogP contribution >= 0.6 is 0 Å². The Labute approximate surface area is 150 Å². The van der Waals surface area contributed by atoms with Crippen LogP contribution < -0.4 is 4.74 Å². The van der Waals surface area contributed by atoms with E-state index in [1.54, 1.807) is 12.2 Å². The highest BCUT2D eigenvalue weighted by molar-refractivity contribution is 5.66. The van der Waals surface area contributed by atoms with E-state index in [1.165, 1.54) is 0 Å². The maximum Gasteiger partial charge on any atom is 0.165 e. The van der Waals surface area contributed by atoms with E-state index in [1.807, 2.05) is 18.0 Å². The first-order chi connectivity index (χ1) is 12.4. The summed E-state index contributed by atoms with van der Waals surface area (Å²) in [4.78, 5) is 1.99. The molecule has 0 aliphatic heterocycles. The second kappa shape index (κ2) is 9.20. The third-order valence-corrected chi connectivity index (χ3v) is 3.61. The summed E-state index contributed by atoms with van der Waals surface area (Å²) in [6.45, 7) is 5.03. The van der Waals surface area contributed by atoms with Gasteiger partial charge in [0.05, 0.1) is 5.56 Å². The number of ether oxygens (including phenoxy) is 1. The number of rotatable bonds is 8. The largest absolute Gasteiger partial charge is 0.486 e. The van der Waals surface area contributed by atoms with Gasteiger partial charge in [-0.25, -0.2) is 17.6 Å². The smallest absolute Gasteiger partial charge is 0.165 e. The Kier molecular flexibility index (Phi) is 6.97. The van der Waals surface area contributed by atoms with Crippen molar-refractivity contribution in [1.29, 1.82) is 0 Å². The summed E-state index contributed by atoms with van der Waals surface area (Å²) < 4.78 is 61.1. The van der Waals surface area contributed by atoms with Gasteiger partial charge in [-0.05, 0) is 25.2 Å². The van der Waals surface area contributed by atoms with Crippen LogP contribution in [-0.2, 0) is 0 Å². The van der Waals surface area contributed by atoms with Crippen LogP contribution in [0.5, 0.6) is 5.75 Å². The molecule has 138 valence electrons. The predicted octanol–water partition coefficient (Wildman–Crippen LogP) is 4.96. The van der Waals surface area contributed by atoms with Gasteiger partial charge in [-0.3, -0.25) is 4.90 Å². The van der Waals surface area contributed by atoms with Crippen molar-refractivity contribution in [3.63, 3.8) is 0 Å². The first-order valence-corrected chi connectivity index (χ1v) is 7.94. The highest BCUT2D eigenvalue weighted by atomic mass is 19.1. The van der Waals surface area contributed by atoms with Crippen molar-refractivity contribution in [2.75, 3.05) is 26.7 Å². The molecule has 6 heteroatoms. The molecule has 0 aromatic heterocycles. The maximum absolute atomic E-state index is 14.2. The summed E-state index contributed by atoms with van der Waals surface area (Å²) in [5.41, 5.74) is -1.10. The van der Waals surface area contributed by atoms with Crippen LogP contribution in [0, 0.1) is 23.3 Å². The highest BCUT2D eigenvalue weighted by Gasteiger charge is 2.18. The topological polar surface area (TPSA) is 12.5 Å². The van der Waals surface area contributed by atoms with Crippen molar-refractivity contribution in [2.24, 2.45) is 0 Å². The van der Waals surface area contributed by atoms with Crippen molar-refractivity contribution in [3.05, 3.63) is 78.4 Å². The predicted molar refractivity (Wildman–Crippen MR) is 94.0 cm³/mol. The number of hydrogen-bond donors (Lipinski definition) is 0. The minimum atomic E-state index is -0.972. The minimum Gasteiger partial charge on any atom is -0.486 e. The fourth-order valence-corrected chi connectivity index (χ4v) is 2.34. The van der Waals surface area contributed by atoms with Gasteiger partial charge in [-0.2, -0.15) is 0 Å². The van der Waals surface area contributed by atoms with Gasteiger partial charge in [-0.1, -0.05) is 24.3 Å². The Balaban J connectivity index is 2.10. The Morgan fingerprint density at radius 1 is 0.962 bits per heavy atom. The quantitative estimate of drug-likeness (QED) is 0.484. The standard InChI is InChI=1S/C20H19F4NO/c1-3-9-25(2)10-4-5-11-26-19-13-17(23)14(12-18(19)24)20-15(21)7-6-8-16(20)22/h3-8,12-13H,1,9-11H2,2H3/b5-4+. The number of likely N-dealkylation sites (N-methyl/N-ethyl adjacent to an activating group) is 1. The normalized spacial score (nSPS) is 11.3. The van der Waals surface area contributed by atoms with Crippen LogP contribution in [-0.4, -0.2) is 31.6 Å². The van der Waals surface area contributed by atoms with E-state index in [4.69, 9.17) is 4.74 Å². The number of hydrogen-bond acceptors (Lipinski definition) is 2. The maximum atomic E-state index is 14.2. The molecule has 0 aliphatic rings. The molecule has 0 N–H and O–H groups in total. The van der Waals surface area contributed by atoms with Gasteiger partial charge in [0, 0.05) is 24.7 Å². The van der Waals surface area contributed by atoms with E-state index < -0.39 is 34.4 Å². The van der Waals surface area contributed by atoms with Crippen molar-refractivity contribution in [3.8, 4) is 16.9 Å². The van der Waals surface area contributed by atoms with E-state index in [9.17, 15) is 17.6 Å². The molecule has 2 nitrogen and oxygen atoms in total. The molecule has 2 rings (SSSR count). The molecule has 2 aromatic carbocycles. The molecule has 26 heavy (non-hydrogen) atoms. The summed E-state index contributed by atoms with van der Waals surface area (Å²) in [6, 6.07) is 4.63. The molecule has 0 saturated heterocycles. The fraction of sp³-hybridized carbons (Fsp3) is 0.200. The zero-order valence-corrected chi connectivity index (χ0v) is 14.3. The molecule has 0 radical (unpaired) electrons. The van der Waals surface area contributed by atoms with Gasteiger partial charge in [0.15, 0.2) is 11.6 Å². The summed E-state index contributed by atoms with van der Waals surface area (Å²) in [6.07, 6.45) is 5.25. The van der Waals surface area contributed by atoms with Crippen LogP contribution in [0.25, 0.3) is 11.1 Å². The number of benzene rings is 2. The van der Waals surface area contributed by atoms with Gasteiger partial charge in [0.25, 0.3) is 0 Å². The molecule has 0 amide bonds. The third kappa shape index (κ3) is 4.95. The summed E-state index contributed by atoms with van der Waals surface area (Å²) in [7, 11) is 1.91. The summed E-state index contributed by atoms with van der Waals surface area (Å²) in [5, 5.41) is 0. The first-order valence-electron chi connectivity index (χ1n) is 7.94. The van der Waals surface area contributed by atoms with E-state index in [-0.39, 0.29) is 12.4 Å². The first kappa shape index (κ1) is 19.7. The van der Waals surface area contributed by atoms with Crippen LogP contribution in [0.15, 0.2) is 55.1 Å². The van der Waals surface area contributed by atoms with Gasteiger partial charge in [0.2, 0.25) is 0 Å². The Morgan fingerprint density at radius 3 is 2.31 bits per heavy atom. The van der Waals surface area contributed by atoms with Crippen LogP contribution in [0.4, 0.5) is 17.6 Å². The van der Waals surface area contributed by atoms with E-state index in [0.717, 1.165) is 36.9 Å². The minimum absolute atomic E-state index is 0.0334. The number of nitrogens with zero attached hydrogens (tertiary/aromatic N) is 1. The molecule has 0 aliphatic carbocycles. The monoisotopic (exact) mass is 365 g/mol. The number of halogens is 4. The summed E-state index contributed by atoms with van der Waals surface area (Å²) >= 11 is 0. The SMILES string of the molecule is C=CCN(C)C/C=C/COc1cc(F)c(-c2c(F)cccc2F)cc1F. The molecule has 0 fully saturated rings. The Morgan fingerprint density at radius 2 is 1.65 bits per heavy atom. The molecule has 0 bridgehead atoms. The molecule has 0 atom stereocenters. The zero-order chi connectivity index (χ0) is 19.1. The van der Waals surface area contributed by atoms with Gasteiger partial charge < -0.3 is 4.74 Å². The lowest BCUT2D eigenvalue weighted by Gasteiger charge is -2.11. The van der Waals surface area contributed by atoms with Crippen molar-refractivity contribution < 1.29 is 22.3 Å². The van der Waals surface area contributed by atoms with Gasteiger partial charge >= 0.3 is 0 Å². The lowest BCUT2D eigenvalue weighted by atomic mass is 10.0. The molecule has 0 spiro atoms. The van der Waals surface area contributed by atoms with Gasteiger partial charge in [0.1, 0.15) is 24.1 Å². The molecular formula is C20H19F4NO.